The zero-order valence-corrected chi connectivity index (χ0v) is 9.40. The molecule has 0 bridgehead atoms. The van der Waals surface area contributed by atoms with E-state index in [0.29, 0.717) is 0 Å². The third kappa shape index (κ3) is 2.08. The molecule has 0 heterocycles. The van der Waals surface area contributed by atoms with E-state index in [4.69, 9.17) is 6.42 Å². The number of likely N-dealkylation sites (N-methyl/N-ethyl adjacent to an activating group) is 1. The summed E-state index contributed by atoms with van der Waals surface area (Å²) < 4.78 is 0. The highest BCUT2D eigenvalue weighted by Crippen LogP contribution is 2.19. The zero-order chi connectivity index (χ0) is 11.4. The molecule has 1 heteroatoms. The van der Waals surface area contributed by atoms with Gasteiger partial charge in [-0.25, -0.2) is 0 Å². The highest BCUT2D eigenvalue weighted by Gasteiger charge is 2.05. The molecule has 1 atom stereocenters. The van der Waals surface area contributed by atoms with E-state index < -0.39 is 0 Å². The number of fused-ring (bicyclic) bond motifs is 1. The van der Waals surface area contributed by atoms with Crippen LogP contribution in [0, 0.1) is 12.3 Å². The fourth-order valence-electron chi connectivity index (χ4n) is 1.93. The van der Waals surface area contributed by atoms with Gasteiger partial charge in [0.25, 0.3) is 0 Å². The Morgan fingerprint density at radius 1 is 1.19 bits per heavy atom. The largest absolute Gasteiger partial charge is 0.306 e. The van der Waals surface area contributed by atoms with E-state index in [0.717, 1.165) is 6.42 Å². The Labute approximate surface area is 96.5 Å². The summed E-state index contributed by atoms with van der Waals surface area (Å²) in [4.78, 5) is 0. The Hall–Kier alpha value is -1.78. The van der Waals surface area contributed by atoms with Crippen LogP contribution in [0.25, 0.3) is 10.8 Å². The molecular formula is C15H15N. The minimum absolute atomic E-state index is 0.103. The van der Waals surface area contributed by atoms with Crippen molar-refractivity contribution in [3.05, 3.63) is 48.0 Å². The van der Waals surface area contributed by atoms with Gasteiger partial charge in [-0.15, -0.1) is 6.42 Å². The van der Waals surface area contributed by atoms with E-state index in [2.05, 4.69) is 53.7 Å². The van der Waals surface area contributed by atoms with Crippen LogP contribution in [0.2, 0.25) is 0 Å². The molecule has 0 aliphatic carbocycles. The van der Waals surface area contributed by atoms with Crippen molar-refractivity contribution in [1.82, 2.24) is 5.32 Å². The molecule has 0 aromatic heterocycles. The van der Waals surface area contributed by atoms with Gasteiger partial charge in [-0.3, -0.25) is 0 Å². The van der Waals surface area contributed by atoms with E-state index in [-0.39, 0.29) is 6.04 Å². The van der Waals surface area contributed by atoms with Crippen LogP contribution in [0.4, 0.5) is 0 Å². The van der Waals surface area contributed by atoms with Crippen molar-refractivity contribution in [1.29, 1.82) is 0 Å². The third-order valence-electron chi connectivity index (χ3n) is 2.85. The van der Waals surface area contributed by atoms with Crippen LogP contribution >= 0.6 is 0 Å². The average molecular weight is 209 g/mol. The molecule has 0 saturated heterocycles. The molecule has 2 aromatic carbocycles. The summed E-state index contributed by atoms with van der Waals surface area (Å²) in [5, 5.41) is 5.69. The number of nitrogens with one attached hydrogen (secondary N) is 1. The third-order valence-corrected chi connectivity index (χ3v) is 2.85. The zero-order valence-electron chi connectivity index (χ0n) is 9.40. The number of hydrogen-bond donors (Lipinski definition) is 1. The van der Waals surface area contributed by atoms with E-state index in [1.54, 1.807) is 0 Å². The van der Waals surface area contributed by atoms with Crippen LogP contribution in [-0.2, 0) is 6.42 Å². The Kier molecular flexibility index (Phi) is 3.24. The first kappa shape index (κ1) is 10.7. The first-order valence-electron chi connectivity index (χ1n) is 5.45. The lowest BCUT2D eigenvalue weighted by Crippen LogP contribution is -2.25. The molecule has 0 saturated carbocycles. The Morgan fingerprint density at radius 3 is 2.69 bits per heavy atom. The van der Waals surface area contributed by atoms with Crippen molar-refractivity contribution in [3.8, 4) is 12.3 Å². The fourth-order valence-corrected chi connectivity index (χ4v) is 1.93. The number of rotatable bonds is 3. The molecule has 0 amide bonds. The molecule has 0 aliphatic heterocycles. The minimum Gasteiger partial charge on any atom is -0.306 e. The summed E-state index contributed by atoms with van der Waals surface area (Å²) in [6, 6.07) is 14.9. The molecule has 0 aliphatic rings. The van der Waals surface area contributed by atoms with Gasteiger partial charge < -0.3 is 5.32 Å². The first-order chi connectivity index (χ1) is 7.85. The van der Waals surface area contributed by atoms with E-state index >= 15 is 0 Å². The first-order valence-corrected chi connectivity index (χ1v) is 5.45. The highest BCUT2D eigenvalue weighted by molar-refractivity contribution is 5.85. The molecular weight excluding hydrogens is 194 g/mol. The summed E-state index contributed by atoms with van der Waals surface area (Å²) in [7, 11) is 1.90. The maximum absolute atomic E-state index is 5.46. The Bertz CT molecular complexity index is 517. The van der Waals surface area contributed by atoms with Gasteiger partial charge >= 0.3 is 0 Å². The van der Waals surface area contributed by atoms with Gasteiger partial charge in [-0.2, -0.15) is 0 Å². The van der Waals surface area contributed by atoms with Gasteiger partial charge in [0.15, 0.2) is 0 Å². The van der Waals surface area contributed by atoms with Crippen molar-refractivity contribution in [2.75, 3.05) is 7.05 Å². The lowest BCUT2D eigenvalue weighted by Gasteiger charge is -2.11. The van der Waals surface area contributed by atoms with Crippen LogP contribution in [0.1, 0.15) is 5.56 Å². The second kappa shape index (κ2) is 4.83. The van der Waals surface area contributed by atoms with Crippen molar-refractivity contribution < 1.29 is 0 Å². The monoisotopic (exact) mass is 209 g/mol. The topological polar surface area (TPSA) is 12.0 Å². The SMILES string of the molecule is C#CC(Cc1cccc2ccccc12)NC. The maximum Gasteiger partial charge on any atom is 0.0725 e. The summed E-state index contributed by atoms with van der Waals surface area (Å²) in [5.41, 5.74) is 1.30. The second-order valence-corrected chi connectivity index (χ2v) is 3.85. The molecule has 2 aromatic rings. The van der Waals surface area contributed by atoms with E-state index in [1.165, 1.54) is 16.3 Å². The molecule has 1 N–H and O–H groups in total. The molecule has 0 radical (unpaired) electrons. The normalized spacial score (nSPS) is 12.2. The van der Waals surface area contributed by atoms with Gasteiger partial charge in [0.1, 0.15) is 0 Å². The van der Waals surface area contributed by atoms with E-state index in [9.17, 15) is 0 Å². The quantitative estimate of drug-likeness (QED) is 0.766. The lowest BCUT2D eigenvalue weighted by molar-refractivity contribution is 0.686. The predicted molar refractivity (Wildman–Crippen MR) is 69.3 cm³/mol. The molecule has 1 nitrogen and oxygen atoms in total. The minimum atomic E-state index is 0.103. The summed E-state index contributed by atoms with van der Waals surface area (Å²) >= 11 is 0. The van der Waals surface area contributed by atoms with Crippen LogP contribution in [-0.4, -0.2) is 13.1 Å². The van der Waals surface area contributed by atoms with Crippen LogP contribution < -0.4 is 5.32 Å². The molecule has 80 valence electrons. The number of benzene rings is 2. The highest BCUT2D eigenvalue weighted by atomic mass is 14.8. The van der Waals surface area contributed by atoms with Crippen LogP contribution in [0.5, 0.6) is 0 Å². The summed E-state index contributed by atoms with van der Waals surface area (Å²) in [5.74, 6) is 2.75. The Balaban J connectivity index is 2.41. The number of terminal acetylenes is 1. The van der Waals surface area contributed by atoms with Gasteiger partial charge in [-0.1, -0.05) is 48.4 Å². The second-order valence-electron chi connectivity index (χ2n) is 3.85. The molecule has 16 heavy (non-hydrogen) atoms. The molecule has 1 unspecified atom stereocenters. The van der Waals surface area contributed by atoms with Gasteiger partial charge in [-0.05, 0) is 29.8 Å². The maximum atomic E-state index is 5.46. The average Bonchev–Trinajstić information content (AvgIpc) is 2.36. The van der Waals surface area contributed by atoms with E-state index in [1.807, 2.05) is 7.05 Å². The van der Waals surface area contributed by atoms with Gasteiger partial charge in [0.2, 0.25) is 0 Å². The Morgan fingerprint density at radius 2 is 1.94 bits per heavy atom. The molecule has 0 spiro atoms. The van der Waals surface area contributed by atoms with Crippen molar-refractivity contribution in [2.45, 2.75) is 12.5 Å². The predicted octanol–water partition coefficient (Wildman–Crippen LogP) is 2.60. The van der Waals surface area contributed by atoms with Crippen molar-refractivity contribution in [3.63, 3.8) is 0 Å². The standard InChI is InChI=1S/C15H15N/c1-3-14(16-2)11-13-9-6-8-12-7-4-5-10-15(12)13/h1,4-10,14,16H,11H2,2H3. The van der Waals surface area contributed by atoms with Crippen molar-refractivity contribution in [2.24, 2.45) is 0 Å². The smallest absolute Gasteiger partial charge is 0.0725 e. The van der Waals surface area contributed by atoms with Crippen LogP contribution in [0.15, 0.2) is 42.5 Å². The molecule has 0 fully saturated rings. The van der Waals surface area contributed by atoms with Crippen molar-refractivity contribution >= 4 is 10.8 Å². The lowest BCUT2D eigenvalue weighted by atomic mass is 9.99. The van der Waals surface area contributed by atoms with Gasteiger partial charge in [0, 0.05) is 0 Å². The molecule has 2 rings (SSSR count). The number of hydrogen-bond acceptors (Lipinski definition) is 1. The van der Waals surface area contributed by atoms with Crippen LogP contribution in [0.3, 0.4) is 0 Å². The fraction of sp³-hybridized carbons (Fsp3) is 0.200. The van der Waals surface area contributed by atoms with Gasteiger partial charge in [0.05, 0.1) is 6.04 Å². The summed E-state index contributed by atoms with van der Waals surface area (Å²) in [6.07, 6.45) is 6.33. The summed E-state index contributed by atoms with van der Waals surface area (Å²) in [6.45, 7) is 0.